The van der Waals surface area contributed by atoms with Gasteiger partial charge >= 0.3 is 0 Å². The lowest BCUT2D eigenvalue weighted by Gasteiger charge is -2.26. The highest BCUT2D eigenvalue weighted by Crippen LogP contribution is 2.29. The lowest BCUT2D eigenvalue weighted by molar-refractivity contribution is 0.0925. The second kappa shape index (κ2) is 12.7. The molecular weight excluding hydrogens is 534 g/mol. The Bertz CT molecular complexity index is 1210. The summed E-state index contributed by atoms with van der Waals surface area (Å²) >= 11 is 3.44. The molecule has 3 aromatic rings. The fourth-order valence-electron chi connectivity index (χ4n) is 4.16. The van der Waals surface area contributed by atoms with E-state index in [0.29, 0.717) is 41.6 Å². The van der Waals surface area contributed by atoms with Crippen LogP contribution in [0.15, 0.2) is 71.2 Å². The molecule has 0 spiro atoms. The normalized spacial score (nSPS) is 17.1. The number of ether oxygens (including phenoxy) is 3. The van der Waals surface area contributed by atoms with Crippen molar-refractivity contribution in [2.75, 3.05) is 6.61 Å². The third-order valence-corrected chi connectivity index (χ3v) is 6.74. The Morgan fingerprint density at radius 2 is 1.62 bits per heavy atom. The van der Waals surface area contributed by atoms with E-state index in [4.69, 9.17) is 25.4 Å². The highest BCUT2D eigenvalue weighted by molar-refractivity contribution is 9.10. The molecule has 3 aromatic carbocycles. The fourth-order valence-corrected chi connectivity index (χ4v) is 4.43. The van der Waals surface area contributed by atoms with E-state index in [9.17, 15) is 4.79 Å². The molecule has 0 saturated heterocycles. The summed E-state index contributed by atoms with van der Waals surface area (Å²) < 4.78 is 18.4. The standard InChI is InChI=1S/C29H32BrN3O4/c1-2-35-28(32)20-5-13-25(14-6-20)37-27-16-21(29(34)33-24-11-9-23(31)10-12-24)15-26(17-27)36-18-19-3-7-22(30)8-4-19/h3-8,13-17,23-24,32H,2,9-12,18,31H2,1H3,(H,33,34). The van der Waals surface area contributed by atoms with Crippen molar-refractivity contribution >= 4 is 27.7 Å². The first-order valence-electron chi connectivity index (χ1n) is 12.5. The van der Waals surface area contributed by atoms with Gasteiger partial charge in [-0.3, -0.25) is 10.2 Å². The number of nitrogens with two attached hydrogens (primary N) is 1. The third-order valence-electron chi connectivity index (χ3n) is 6.21. The number of rotatable bonds is 9. The number of carbonyl (C=O) groups is 1. The molecule has 0 heterocycles. The maximum Gasteiger partial charge on any atom is 0.251 e. The van der Waals surface area contributed by atoms with Gasteiger partial charge in [0.2, 0.25) is 5.90 Å². The van der Waals surface area contributed by atoms with Crippen LogP contribution in [-0.2, 0) is 11.3 Å². The monoisotopic (exact) mass is 565 g/mol. The van der Waals surface area contributed by atoms with Gasteiger partial charge in [0.25, 0.3) is 5.91 Å². The summed E-state index contributed by atoms with van der Waals surface area (Å²) in [7, 11) is 0. The average Bonchev–Trinajstić information content (AvgIpc) is 2.90. The number of nitrogens with one attached hydrogen (secondary N) is 2. The van der Waals surface area contributed by atoms with Crippen LogP contribution >= 0.6 is 15.9 Å². The van der Waals surface area contributed by atoms with Crippen LogP contribution in [-0.4, -0.2) is 30.5 Å². The first kappa shape index (κ1) is 26.7. The van der Waals surface area contributed by atoms with Crippen molar-refractivity contribution in [3.05, 3.63) is 87.9 Å². The summed E-state index contributed by atoms with van der Waals surface area (Å²) in [5.74, 6) is 1.54. The van der Waals surface area contributed by atoms with Crippen LogP contribution in [0.1, 0.15) is 54.1 Å². The summed E-state index contributed by atoms with van der Waals surface area (Å²) in [5.41, 5.74) is 8.15. The predicted molar refractivity (Wildman–Crippen MR) is 148 cm³/mol. The van der Waals surface area contributed by atoms with Crippen molar-refractivity contribution in [1.29, 1.82) is 5.41 Å². The molecule has 4 N–H and O–H groups in total. The van der Waals surface area contributed by atoms with Crippen LogP contribution in [0.25, 0.3) is 0 Å². The zero-order chi connectivity index (χ0) is 26.2. The van der Waals surface area contributed by atoms with Crippen molar-refractivity contribution in [1.82, 2.24) is 5.32 Å². The van der Waals surface area contributed by atoms with Crippen molar-refractivity contribution in [3.8, 4) is 17.2 Å². The van der Waals surface area contributed by atoms with E-state index < -0.39 is 0 Å². The first-order valence-corrected chi connectivity index (χ1v) is 13.3. The minimum Gasteiger partial charge on any atom is -0.489 e. The van der Waals surface area contributed by atoms with Gasteiger partial charge in [-0.1, -0.05) is 28.1 Å². The van der Waals surface area contributed by atoms with Gasteiger partial charge in [-0.05, 0) is 86.7 Å². The molecule has 1 aliphatic carbocycles. The summed E-state index contributed by atoms with van der Waals surface area (Å²) in [5, 5.41) is 11.1. The summed E-state index contributed by atoms with van der Waals surface area (Å²) in [4.78, 5) is 13.1. The SMILES string of the molecule is CCOC(=N)c1ccc(Oc2cc(OCc3ccc(Br)cc3)cc(C(=O)NC3CCC(N)CC3)c2)cc1. The Balaban J connectivity index is 1.52. The molecule has 0 unspecified atom stereocenters. The van der Waals surface area contributed by atoms with Crippen molar-refractivity contribution in [2.45, 2.75) is 51.3 Å². The van der Waals surface area contributed by atoms with Crippen molar-refractivity contribution < 1.29 is 19.0 Å². The van der Waals surface area contributed by atoms with Gasteiger partial charge in [-0.2, -0.15) is 0 Å². The highest BCUT2D eigenvalue weighted by atomic mass is 79.9. The Morgan fingerprint density at radius 1 is 0.946 bits per heavy atom. The largest absolute Gasteiger partial charge is 0.489 e. The van der Waals surface area contributed by atoms with Gasteiger partial charge < -0.3 is 25.3 Å². The van der Waals surface area contributed by atoms with E-state index in [1.165, 1.54) is 0 Å². The number of carbonyl (C=O) groups excluding carboxylic acids is 1. The van der Waals surface area contributed by atoms with E-state index in [-0.39, 0.29) is 23.9 Å². The second-order valence-corrected chi connectivity index (χ2v) is 10.00. The van der Waals surface area contributed by atoms with E-state index in [1.54, 1.807) is 42.5 Å². The maximum absolute atomic E-state index is 13.1. The molecule has 0 bridgehead atoms. The zero-order valence-electron chi connectivity index (χ0n) is 20.8. The predicted octanol–water partition coefficient (Wildman–Crippen LogP) is 6.18. The number of hydrogen-bond donors (Lipinski definition) is 3. The summed E-state index contributed by atoms with van der Waals surface area (Å²) in [6, 6.07) is 20.5. The topological polar surface area (TPSA) is 107 Å². The third kappa shape index (κ3) is 7.81. The van der Waals surface area contributed by atoms with Crippen LogP contribution in [0.3, 0.4) is 0 Å². The van der Waals surface area contributed by atoms with Gasteiger partial charge in [-0.15, -0.1) is 0 Å². The van der Waals surface area contributed by atoms with E-state index in [2.05, 4.69) is 21.2 Å². The lowest BCUT2D eigenvalue weighted by atomic mass is 9.91. The van der Waals surface area contributed by atoms with Crippen LogP contribution in [0.2, 0.25) is 0 Å². The highest BCUT2D eigenvalue weighted by Gasteiger charge is 2.21. The molecule has 1 amide bonds. The molecule has 7 nitrogen and oxygen atoms in total. The Morgan fingerprint density at radius 3 is 2.30 bits per heavy atom. The molecule has 1 aliphatic rings. The average molecular weight is 566 g/mol. The summed E-state index contributed by atoms with van der Waals surface area (Å²) in [6.45, 7) is 2.63. The molecule has 8 heteroatoms. The van der Waals surface area contributed by atoms with Crippen molar-refractivity contribution in [2.24, 2.45) is 5.73 Å². The van der Waals surface area contributed by atoms with Crippen LogP contribution < -0.4 is 20.5 Å². The molecule has 4 rings (SSSR count). The zero-order valence-corrected chi connectivity index (χ0v) is 22.4. The van der Waals surface area contributed by atoms with E-state index in [0.717, 1.165) is 35.7 Å². The first-order chi connectivity index (χ1) is 17.9. The Kier molecular flexibility index (Phi) is 9.19. The van der Waals surface area contributed by atoms with Crippen LogP contribution in [0, 0.1) is 5.41 Å². The molecule has 0 radical (unpaired) electrons. The molecule has 0 aliphatic heterocycles. The fraction of sp³-hybridized carbons (Fsp3) is 0.310. The molecule has 37 heavy (non-hydrogen) atoms. The van der Waals surface area contributed by atoms with Gasteiger partial charge in [-0.25, -0.2) is 0 Å². The van der Waals surface area contributed by atoms with Crippen molar-refractivity contribution in [3.63, 3.8) is 0 Å². The minimum atomic E-state index is -0.167. The number of amides is 1. The Hall–Kier alpha value is -3.36. The molecular formula is C29H32BrN3O4. The molecule has 1 fully saturated rings. The molecule has 194 valence electrons. The number of halogens is 1. The maximum atomic E-state index is 13.1. The smallest absolute Gasteiger partial charge is 0.251 e. The molecule has 0 atom stereocenters. The number of benzene rings is 3. The quantitative estimate of drug-likeness (QED) is 0.212. The van der Waals surface area contributed by atoms with Crippen LogP contribution in [0.4, 0.5) is 0 Å². The summed E-state index contributed by atoms with van der Waals surface area (Å²) in [6.07, 6.45) is 3.57. The van der Waals surface area contributed by atoms with Gasteiger partial charge in [0.05, 0.1) is 6.61 Å². The van der Waals surface area contributed by atoms with E-state index >= 15 is 0 Å². The van der Waals surface area contributed by atoms with Gasteiger partial charge in [0.1, 0.15) is 23.9 Å². The number of hydrogen-bond acceptors (Lipinski definition) is 6. The van der Waals surface area contributed by atoms with E-state index in [1.807, 2.05) is 31.2 Å². The van der Waals surface area contributed by atoms with Crippen LogP contribution in [0.5, 0.6) is 17.2 Å². The Labute approximate surface area is 225 Å². The molecule has 0 aromatic heterocycles. The molecule has 1 saturated carbocycles. The lowest BCUT2D eigenvalue weighted by Crippen LogP contribution is -2.40. The minimum absolute atomic E-state index is 0.109. The second-order valence-electron chi connectivity index (χ2n) is 9.08. The van der Waals surface area contributed by atoms with Gasteiger partial charge in [0, 0.05) is 33.7 Å². The van der Waals surface area contributed by atoms with Gasteiger partial charge in [0.15, 0.2) is 0 Å².